The molecular formula is C13H17ClCuO4. The first-order valence-electron chi connectivity index (χ1n) is 5.50. The molecule has 0 bridgehead atoms. The maximum absolute atomic E-state index is 10.5. The molecule has 0 saturated carbocycles. The van der Waals surface area contributed by atoms with Crippen molar-refractivity contribution >= 4 is 22.0 Å². The monoisotopic (exact) mass is 335 g/mol. The van der Waals surface area contributed by atoms with Gasteiger partial charge in [0.15, 0.2) is 0 Å². The number of benzene rings is 1. The number of carboxylic acids is 2. The van der Waals surface area contributed by atoms with Crippen LogP contribution in [0.5, 0.6) is 0 Å². The van der Waals surface area contributed by atoms with Gasteiger partial charge in [-0.05, 0) is 12.1 Å². The molecule has 0 aliphatic heterocycles. The first-order valence-corrected chi connectivity index (χ1v) is 6.80. The van der Waals surface area contributed by atoms with Gasteiger partial charge < -0.3 is 17.1 Å². The van der Waals surface area contributed by atoms with E-state index >= 15 is 0 Å². The van der Waals surface area contributed by atoms with E-state index < -0.39 is 11.9 Å². The molecule has 1 aromatic rings. The van der Waals surface area contributed by atoms with E-state index in [0.29, 0.717) is 0 Å². The normalized spacial score (nSPS) is 8.47. The SMILES string of the molecule is O=C(O)c1ccccc1C(=O)O.[CH2-]CCCC.[Cl][Cu+]. The van der Waals surface area contributed by atoms with Crippen LogP contribution in [0.15, 0.2) is 24.3 Å². The Labute approximate surface area is 125 Å². The van der Waals surface area contributed by atoms with Crippen LogP contribution in [0.1, 0.15) is 46.9 Å². The van der Waals surface area contributed by atoms with E-state index in [9.17, 15) is 9.59 Å². The van der Waals surface area contributed by atoms with Crippen molar-refractivity contribution in [2.24, 2.45) is 0 Å². The molecule has 1 aromatic carbocycles. The average Bonchev–Trinajstić information content (AvgIpc) is 2.42. The summed E-state index contributed by atoms with van der Waals surface area (Å²) in [4.78, 5) is 20.9. The predicted octanol–water partition coefficient (Wildman–Crippen LogP) is 3.78. The van der Waals surface area contributed by atoms with Crippen molar-refractivity contribution in [2.45, 2.75) is 26.2 Å². The predicted molar refractivity (Wildman–Crippen MR) is 71.1 cm³/mol. The van der Waals surface area contributed by atoms with Crippen LogP contribution >= 0.6 is 10.1 Å². The van der Waals surface area contributed by atoms with E-state index in [-0.39, 0.29) is 11.1 Å². The number of carbonyl (C=O) groups is 2. The fourth-order valence-electron chi connectivity index (χ4n) is 1.11. The number of halogens is 1. The molecule has 0 aliphatic rings. The summed E-state index contributed by atoms with van der Waals surface area (Å²) in [6.45, 7) is 5.85. The quantitative estimate of drug-likeness (QED) is 0.648. The fourth-order valence-corrected chi connectivity index (χ4v) is 1.11. The average molecular weight is 336 g/mol. The number of unbranched alkanes of at least 4 members (excludes halogenated alkanes) is 2. The van der Waals surface area contributed by atoms with Gasteiger partial charge in [0, 0.05) is 0 Å². The van der Waals surface area contributed by atoms with Crippen LogP contribution in [0.4, 0.5) is 0 Å². The summed E-state index contributed by atoms with van der Waals surface area (Å²) in [5.41, 5.74) is -0.380. The van der Waals surface area contributed by atoms with Gasteiger partial charge in [-0.25, -0.2) is 9.59 Å². The Morgan fingerprint density at radius 1 is 1.16 bits per heavy atom. The third kappa shape index (κ3) is 9.54. The first-order chi connectivity index (χ1) is 9.04. The summed E-state index contributed by atoms with van der Waals surface area (Å²) >= 11 is 3.66. The van der Waals surface area contributed by atoms with Gasteiger partial charge in [-0.2, -0.15) is 6.42 Å². The molecule has 0 atom stereocenters. The number of hydrogen-bond acceptors (Lipinski definition) is 2. The second kappa shape index (κ2) is 13.4. The molecule has 2 N–H and O–H groups in total. The van der Waals surface area contributed by atoms with Gasteiger partial charge in [-0.15, -0.1) is 0 Å². The van der Waals surface area contributed by atoms with E-state index in [0.717, 1.165) is 6.42 Å². The zero-order valence-corrected chi connectivity index (χ0v) is 12.2. The third-order valence-corrected chi connectivity index (χ3v) is 1.99. The van der Waals surface area contributed by atoms with Crippen molar-refractivity contribution in [3.05, 3.63) is 42.3 Å². The number of rotatable bonds is 4. The summed E-state index contributed by atoms with van der Waals surface area (Å²) in [5, 5.41) is 17.1. The van der Waals surface area contributed by atoms with Crippen LogP contribution in [0.2, 0.25) is 0 Å². The molecule has 0 amide bonds. The molecule has 6 heteroatoms. The molecule has 0 radical (unpaired) electrons. The van der Waals surface area contributed by atoms with Crippen molar-refractivity contribution < 1.29 is 34.9 Å². The van der Waals surface area contributed by atoms with Crippen LogP contribution in [-0.2, 0) is 15.1 Å². The second-order valence-electron chi connectivity index (χ2n) is 3.36. The minimum atomic E-state index is -1.23. The van der Waals surface area contributed by atoms with Crippen molar-refractivity contribution in [1.82, 2.24) is 0 Å². The topological polar surface area (TPSA) is 74.6 Å². The van der Waals surface area contributed by atoms with Crippen LogP contribution in [0, 0.1) is 6.92 Å². The van der Waals surface area contributed by atoms with Gasteiger partial charge in [-0.3, -0.25) is 0 Å². The Kier molecular flexibility index (Phi) is 14.3. The third-order valence-electron chi connectivity index (χ3n) is 1.99. The Morgan fingerprint density at radius 3 is 1.68 bits per heavy atom. The van der Waals surface area contributed by atoms with Crippen molar-refractivity contribution in [3.63, 3.8) is 0 Å². The molecular weight excluding hydrogens is 319 g/mol. The molecule has 0 spiro atoms. The molecule has 19 heavy (non-hydrogen) atoms. The van der Waals surface area contributed by atoms with Crippen molar-refractivity contribution in [3.8, 4) is 0 Å². The van der Waals surface area contributed by atoms with Gasteiger partial charge in [-0.1, -0.05) is 31.9 Å². The zero-order chi connectivity index (χ0) is 15.3. The standard InChI is InChI=1S/C8H6O4.C5H11.ClH.Cu/c9-7(10)5-3-1-2-4-6(5)8(11)12;1-3-5-4-2;;/h1-4H,(H,9,10)(H,11,12);1,3-5H2,2H3;1H;/q;-1;;+2/p-1. The molecule has 0 unspecified atom stereocenters. The van der Waals surface area contributed by atoms with Crippen molar-refractivity contribution in [2.75, 3.05) is 0 Å². The number of carboxylic acid groups (broad SMARTS) is 2. The van der Waals surface area contributed by atoms with Gasteiger partial charge in [0.05, 0.1) is 11.1 Å². The van der Waals surface area contributed by atoms with Crippen LogP contribution in [0.3, 0.4) is 0 Å². The summed E-state index contributed by atoms with van der Waals surface area (Å²) in [6.07, 6.45) is 3.65. The molecule has 0 fully saturated rings. The molecule has 0 heterocycles. The molecule has 1 rings (SSSR count). The van der Waals surface area contributed by atoms with Crippen LogP contribution < -0.4 is 0 Å². The molecule has 0 aromatic heterocycles. The molecule has 4 nitrogen and oxygen atoms in total. The maximum atomic E-state index is 10.5. The Morgan fingerprint density at radius 2 is 1.53 bits per heavy atom. The fraction of sp³-hybridized carbons (Fsp3) is 0.308. The van der Waals surface area contributed by atoms with Gasteiger partial charge in [0.1, 0.15) is 0 Å². The Balaban J connectivity index is 0. The van der Waals surface area contributed by atoms with Gasteiger partial charge >= 0.3 is 37.1 Å². The zero-order valence-electron chi connectivity index (χ0n) is 10.5. The first kappa shape index (κ1) is 20.3. The Bertz CT molecular complexity index is 348. The van der Waals surface area contributed by atoms with E-state index in [4.69, 9.17) is 10.2 Å². The van der Waals surface area contributed by atoms with E-state index in [1.807, 2.05) is 0 Å². The van der Waals surface area contributed by atoms with E-state index in [2.05, 4.69) is 39.0 Å². The Hall–Kier alpha value is -1.03. The van der Waals surface area contributed by atoms with Crippen LogP contribution in [0.25, 0.3) is 0 Å². The van der Waals surface area contributed by atoms with E-state index in [1.54, 1.807) is 0 Å². The summed E-state index contributed by atoms with van der Waals surface area (Å²) in [6, 6.07) is 5.48. The van der Waals surface area contributed by atoms with Crippen LogP contribution in [-0.4, -0.2) is 22.2 Å². The van der Waals surface area contributed by atoms with Crippen molar-refractivity contribution in [1.29, 1.82) is 0 Å². The van der Waals surface area contributed by atoms with E-state index in [1.165, 1.54) is 37.1 Å². The minimum absolute atomic E-state index is 0.190. The summed E-state index contributed by atoms with van der Waals surface area (Å²) < 4.78 is 0. The molecule has 0 saturated heterocycles. The second-order valence-corrected chi connectivity index (χ2v) is 3.36. The summed E-state index contributed by atoms with van der Waals surface area (Å²) in [7, 11) is 4.20. The number of aromatic carboxylic acids is 2. The molecule has 0 aliphatic carbocycles. The number of hydrogen-bond donors (Lipinski definition) is 2. The molecule has 111 valence electrons. The van der Waals surface area contributed by atoms with Gasteiger partial charge in [0.2, 0.25) is 0 Å². The summed E-state index contributed by atoms with van der Waals surface area (Å²) in [5.74, 6) is -2.46. The van der Waals surface area contributed by atoms with Gasteiger partial charge in [0.25, 0.3) is 0 Å².